The fraction of sp³-hybridized carbons (Fsp3) is 0.429. The molecule has 128 valence electrons. The number of hydrogen-bond donors (Lipinski definition) is 3. The Hall–Kier alpha value is -1.58. The Labute approximate surface area is 139 Å². The lowest BCUT2D eigenvalue weighted by Gasteiger charge is -2.19. The van der Waals surface area contributed by atoms with E-state index in [0.717, 1.165) is 0 Å². The van der Waals surface area contributed by atoms with Crippen LogP contribution in [0.3, 0.4) is 0 Å². The van der Waals surface area contributed by atoms with Crippen LogP contribution in [0.4, 0.5) is 0 Å². The molecule has 23 heavy (non-hydrogen) atoms. The number of hydrogen-bond acceptors (Lipinski definition) is 5. The van der Waals surface area contributed by atoms with Crippen molar-refractivity contribution in [2.45, 2.75) is 30.3 Å². The first-order chi connectivity index (χ1) is 10.8. The van der Waals surface area contributed by atoms with Crippen molar-refractivity contribution in [3.8, 4) is 0 Å². The van der Waals surface area contributed by atoms with Crippen LogP contribution >= 0.6 is 11.8 Å². The summed E-state index contributed by atoms with van der Waals surface area (Å²) in [6, 6.07) is 5.56. The highest BCUT2D eigenvalue weighted by atomic mass is 32.2. The fourth-order valence-electron chi connectivity index (χ4n) is 1.71. The van der Waals surface area contributed by atoms with E-state index >= 15 is 0 Å². The maximum absolute atomic E-state index is 12.3. The van der Waals surface area contributed by atoms with E-state index in [4.69, 9.17) is 5.11 Å². The summed E-state index contributed by atoms with van der Waals surface area (Å²) in [7, 11) is -3.86. The van der Waals surface area contributed by atoms with Crippen molar-refractivity contribution in [1.29, 1.82) is 0 Å². The summed E-state index contributed by atoms with van der Waals surface area (Å²) in [6.07, 6.45) is 2.09. The molecule has 1 aromatic rings. The predicted molar refractivity (Wildman–Crippen MR) is 88.8 cm³/mol. The number of carboxylic acids is 1. The van der Waals surface area contributed by atoms with Gasteiger partial charge in [-0.1, -0.05) is 18.2 Å². The minimum Gasteiger partial charge on any atom is -0.480 e. The van der Waals surface area contributed by atoms with Gasteiger partial charge in [0, 0.05) is 0 Å². The van der Waals surface area contributed by atoms with Gasteiger partial charge in [-0.3, -0.25) is 9.59 Å². The Bertz CT molecular complexity index is 634. The Kier molecular flexibility index (Phi) is 7.53. The van der Waals surface area contributed by atoms with Crippen LogP contribution in [-0.2, 0) is 19.6 Å². The molecule has 9 heteroatoms. The normalized spacial score (nSPS) is 14.0. The van der Waals surface area contributed by atoms with Crippen molar-refractivity contribution in [2.24, 2.45) is 0 Å². The van der Waals surface area contributed by atoms with Gasteiger partial charge in [0.15, 0.2) is 0 Å². The molecule has 2 atom stereocenters. The SMILES string of the molecule is CSCCC(NS(=O)(=O)c1ccccc1)C(=O)N[C@@H](C)C(=O)O. The largest absolute Gasteiger partial charge is 0.480 e. The summed E-state index contributed by atoms with van der Waals surface area (Å²) in [5, 5.41) is 11.1. The number of carboxylic acid groups (broad SMARTS) is 1. The van der Waals surface area contributed by atoms with Gasteiger partial charge in [-0.15, -0.1) is 0 Å². The van der Waals surface area contributed by atoms with Crippen molar-refractivity contribution < 1.29 is 23.1 Å². The number of aliphatic carboxylic acids is 1. The maximum atomic E-state index is 12.3. The zero-order valence-electron chi connectivity index (χ0n) is 12.9. The van der Waals surface area contributed by atoms with Crippen LogP contribution in [0.15, 0.2) is 35.2 Å². The van der Waals surface area contributed by atoms with Gasteiger partial charge in [0.2, 0.25) is 15.9 Å². The van der Waals surface area contributed by atoms with Gasteiger partial charge in [0.25, 0.3) is 0 Å². The van der Waals surface area contributed by atoms with Crippen LogP contribution in [0.25, 0.3) is 0 Å². The van der Waals surface area contributed by atoms with Crippen LogP contribution in [0, 0.1) is 0 Å². The van der Waals surface area contributed by atoms with Gasteiger partial charge in [0.1, 0.15) is 12.1 Å². The number of thioether (sulfide) groups is 1. The van der Waals surface area contributed by atoms with Gasteiger partial charge in [-0.2, -0.15) is 16.5 Å². The molecule has 0 aliphatic heterocycles. The molecular formula is C14H20N2O5S2. The zero-order valence-corrected chi connectivity index (χ0v) is 14.5. The minimum absolute atomic E-state index is 0.0493. The molecule has 0 fully saturated rings. The lowest BCUT2D eigenvalue weighted by Crippen LogP contribution is -2.50. The Morgan fingerprint density at radius 2 is 1.87 bits per heavy atom. The first kappa shape index (κ1) is 19.5. The second-order valence-electron chi connectivity index (χ2n) is 4.84. The summed E-state index contributed by atoms with van der Waals surface area (Å²) in [5.74, 6) is -1.29. The van der Waals surface area contributed by atoms with E-state index in [1.807, 2.05) is 6.26 Å². The van der Waals surface area contributed by atoms with E-state index in [-0.39, 0.29) is 11.3 Å². The van der Waals surface area contributed by atoms with Crippen molar-refractivity contribution in [3.63, 3.8) is 0 Å². The second-order valence-corrected chi connectivity index (χ2v) is 7.54. The summed E-state index contributed by atoms with van der Waals surface area (Å²) in [5.41, 5.74) is 0. The number of nitrogens with one attached hydrogen (secondary N) is 2. The van der Waals surface area contributed by atoms with Gasteiger partial charge in [0.05, 0.1) is 4.90 Å². The lowest BCUT2D eigenvalue weighted by molar-refractivity contribution is -0.141. The Balaban J connectivity index is 2.89. The molecule has 1 unspecified atom stereocenters. The fourth-order valence-corrected chi connectivity index (χ4v) is 3.43. The number of benzene rings is 1. The second kappa shape index (κ2) is 8.90. The predicted octanol–water partition coefficient (Wildman–Crippen LogP) is 0.676. The van der Waals surface area contributed by atoms with Crippen LogP contribution in [0.5, 0.6) is 0 Å². The van der Waals surface area contributed by atoms with E-state index in [0.29, 0.717) is 5.75 Å². The highest BCUT2D eigenvalue weighted by molar-refractivity contribution is 7.98. The van der Waals surface area contributed by atoms with Gasteiger partial charge >= 0.3 is 5.97 Å². The topological polar surface area (TPSA) is 113 Å². The molecule has 0 aliphatic carbocycles. The average Bonchev–Trinajstić information content (AvgIpc) is 2.51. The molecule has 0 spiro atoms. The standard InChI is InChI=1S/C14H20N2O5S2/c1-10(14(18)19)15-13(17)12(8-9-22-2)16-23(20,21)11-6-4-3-5-7-11/h3-7,10,12,16H,8-9H2,1-2H3,(H,15,17)(H,18,19)/t10-,12?/m0/s1. The van der Waals surface area contributed by atoms with Gasteiger partial charge in [-0.25, -0.2) is 8.42 Å². The highest BCUT2D eigenvalue weighted by Gasteiger charge is 2.27. The molecule has 0 saturated heterocycles. The summed E-state index contributed by atoms with van der Waals surface area (Å²) in [4.78, 5) is 23.0. The van der Waals surface area contributed by atoms with Crippen LogP contribution in [-0.4, -0.2) is 49.5 Å². The van der Waals surface area contributed by atoms with Crippen molar-refractivity contribution >= 4 is 33.7 Å². The van der Waals surface area contributed by atoms with Crippen LogP contribution < -0.4 is 10.0 Å². The van der Waals surface area contributed by atoms with Crippen molar-refractivity contribution in [3.05, 3.63) is 30.3 Å². The number of carbonyl (C=O) groups excluding carboxylic acids is 1. The summed E-state index contributed by atoms with van der Waals surface area (Å²) < 4.78 is 27.0. The number of sulfonamides is 1. The monoisotopic (exact) mass is 360 g/mol. The molecule has 0 heterocycles. The smallest absolute Gasteiger partial charge is 0.325 e. The Morgan fingerprint density at radius 1 is 1.26 bits per heavy atom. The molecule has 0 bridgehead atoms. The van der Waals surface area contributed by atoms with Crippen molar-refractivity contribution in [2.75, 3.05) is 12.0 Å². The van der Waals surface area contributed by atoms with Crippen LogP contribution in [0.1, 0.15) is 13.3 Å². The zero-order chi connectivity index (χ0) is 17.5. The molecule has 0 aliphatic rings. The molecule has 3 N–H and O–H groups in total. The Morgan fingerprint density at radius 3 is 2.39 bits per heavy atom. The molecular weight excluding hydrogens is 340 g/mol. The van der Waals surface area contributed by atoms with Crippen molar-refractivity contribution in [1.82, 2.24) is 10.0 Å². The average molecular weight is 360 g/mol. The maximum Gasteiger partial charge on any atom is 0.325 e. The quantitative estimate of drug-likeness (QED) is 0.597. The molecule has 7 nitrogen and oxygen atoms in total. The number of amides is 1. The molecule has 1 aromatic carbocycles. The van der Waals surface area contributed by atoms with E-state index < -0.39 is 34.0 Å². The number of rotatable bonds is 9. The van der Waals surface area contributed by atoms with E-state index in [1.165, 1.54) is 30.8 Å². The first-order valence-electron chi connectivity index (χ1n) is 6.87. The van der Waals surface area contributed by atoms with Gasteiger partial charge < -0.3 is 10.4 Å². The molecule has 0 radical (unpaired) electrons. The van der Waals surface area contributed by atoms with E-state index in [1.54, 1.807) is 18.2 Å². The lowest BCUT2D eigenvalue weighted by atomic mass is 10.2. The third-order valence-electron chi connectivity index (χ3n) is 3.01. The molecule has 1 amide bonds. The summed E-state index contributed by atoms with van der Waals surface area (Å²) >= 11 is 1.46. The van der Waals surface area contributed by atoms with Crippen LogP contribution in [0.2, 0.25) is 0 Å². The van der Waals surface area contributed by atoms with Gasteiger partial charge in [-0.05, 0) is 37.5 Å². The number of carbonyl (C=O) groups is 2. The third-order valence-corrected chi connectivity index (χ3v) is 5.14. The molecule has 0 saturated carbocycles. The highest BCUT2D eigenvalue weighted by Crippen LogP contribution is 2.10. The molecule has 1 rings (SSSR count). The minimum atomic E-state index is -3.86. The van der Waals surface area contributed by atoms with E-state index in [2.05, 4.69) is 10.0 Å². The first-order valence-corrected chi connectivity index (χ1v) is 9.75. The van der Waals surface area contributed by atoms with E-state index in [9.17, 15) is 18.0 Å². The molecule has 0 aromatic heterocycles. The summed E-state index contributed by atoms with van der Waals surface area (Å²) in [6.45, 7) is 1.32. The third kappa shape index (κ3) is 6.20.